The van der Waals surface area contributed by atoms with Crippen LogP contribution in [-0.4, -0.2) is 20.6 Å². The van der Waals surface area contributed by atoms with Crippen LogP contribution in [0.2, 0.25) is 0 Å². The summed E-state index contributed by atoms with van der Waals surface area (Å²) in [6.07, 6.45) is 2.52. The highest BCUT2D eigenvalue weighted by atomic mass is 32.2. The van der Waals surface area contributed by atoms with Crippen LogP contribution in [0.1, 0.15) is 16.1 Å². The fraction of sp³-hybridized carbons (Fsp3) is 0.154. The molecule has 0 aliphatic carbocycles. The van der Waals surface area contributed by atoms with E-state index in [0.717, 1.165) is 11.8 Å². The van der Waals surface area contributed by atoms with Crippen LogP contribution >= 0.6 is 0 Å². The molecule has 1 amide bonds. The van der Waals surface area contributed by atoms with Gasteiger partial charge in [0.25, 0.3) is 5.91 Å². The molecule has 0 aliphatic heterocycles. The number of sulfonamides is 1. The number of amides is 1. The number of furan rings is 1. The molecule has 7 heteroatoms. The van der Waals surface area contributed by atoms with Gasteiger partial charge in [-0.1, -0.05) is 0 Å². The molecule has 0 atom stereocenters. The van der Waals surface area contributed by atoms with Crippen molar-refractivity contribution in [2.45, 2.75) is 6.92 Å². The second kappa shape index (κ2) is 5.38. The average Bonchev–Trinajstić information content (AvgIpc) is 2.76. The van der Waals surface area contributed by atoms with Crippen molar-refractivity contribution in [1.29, 1.82) is 0 Å². The molecule has 0 fully saturated rings. The van der Waals surface area contributed by atoms with Crippen molar-refractivity contribution < 1.29 is 17.6 Å². The van der Waals surface area contributed by atoms with Gasteiger partial charge in [-0.05, 0) is 37.3 Å². The Morgan fingerprint density at radius 3 is 2.20 bits per heavy atom. The number of anilines is 2. The zero-order valence-corrected chi connectivity index (χ0v) is 11.8. The van der Waals surface area contributed by atoms with Crippen molar-refractivity contribution >= 4 is 27.3 Å². The summed E-state index contributed by atoms with van der Waals surface area (Å²) in [7, 11) is -3.31. The molecule has 1 aromatic carbocycles. The molecule has 1 aromatic heterocycles. The maximum Gasteiger partial charge on any atom is 0.291 e. The summed E-state index contributed by atoms with van der Waals surface area (Å²) in [5.74, 6) is -0.0975. The molecular formula is C13H14N2O4S. The first-order valence-corrected chi connectivity index (χ1v) is 7.67. The van der Waals surface area contributed by atoms with Gasteiger partial charge in [0.1, 0.15) is 0 Å². The van der Waals surface area contributed by atoms with E-state index in [-0.39, 0.29) is 11.7 Å². The fourth-order valence-corrected chi connectivity index (χ4v) is 2.19. The van der Waals surface area contributed by atoms with E-state index in [1.54, 1.807) is 37.3 Å². The Kier molecular flexibility index (Phi) is 3.80. The lowest BCUT2D eigenvalue weighted by Gasteiger charge is -2.06. The lowest BCUT2D eigenvalue weighted by molar-refractivity contribution is 0.0996. The first-order valence-electron chi connectivity index (χ1n) is 5.78. The van der Waals surface area contributed by atoms with Gasteiger partial charge in [-0.25, -0.2) is 8.42 Å². The number of nitrogens with one attached hydrogen (secondary N) is 2. The Balaban J connectivity index is 2.08. The van der Waals surface area contributed by atoms with Crippen LogP contribution in [-0.2, 0) is 10.0 Å². The normalized spacial score (nSPS) is 11.1. The van der Waals surface area contributed by atoms with Gasteiger partial charge < -0.3 is 9.73 Å². The van der Waals surface area contributed by atoms with E-state index in [4.69, 9.17) is 4.42 Å². The minimum atomic E-state index is -3.31. The van der Waals surface area contributed by atoms with Gasteiger partial charge in [-0.15, -0.1) is 0 Å². The molecule has 0 unspecified atom stereocenters. The predicted molar refractivity (Wildman–Crippen MR) is 76.3 cm³/mol. The molecule has 6 nitrogen and oxygen atoms in total. The molecular weight excluding hydrogens is 280 g/mol. The maximum absolute atomic E-state index is 11.9. The standard InChI is InChI=1S/C13H14N2O4S/c1-9-7-8-19-12(9)13(16)14-10-3-5-11(6-4-10)15-20(2,17)18/h3-8,15H,1-2H3,(H,14,16). The van der Waals surface area contributed by atoms with Gasteiger partial charge in [0, 0.05) is 16.9 Å². The lowest BCUT2D eigenvalue weighted by Crippen LogP contribution is -2.12. The van der Waals surface area contributed by atoms with E-state index < -0.39 is 10.0 Å². The van der Waals surface area contributed by atoms with Crippen molar-refractivity contribution in [3.63, 3.8) is 0 Å². The first kappa shape index (κ1) is 14.1. The number of carbonyl (C=O) groups excluding carboxylic acids is 1. The Morgan fingerprint density at radius 1 is 1.10 bits per heavy atom. The van der Waals surface area contributed by atoms with Crippen LogP contribution in [0.4, 0.5) is 11.4 Å². The largest absolute Gasteiger partial charge is 0.459 e. The highest BCUT2D eigenvalue weighted by Gasteiger charge is 2.12. The molecule has 0 aliphatic rings. The average molecular weight is 294 g/mol. The number of hydrogen-bond acceptors (Lipinski definition) is 4. The van der Waals surface area contributed by atoms with Gasteiger partial charge >= 0.3 is 0 Å². The third-order valence-corrected chi connectivity index (χ3v) is 3.12. The second-order valence-corrected chi connectivity index (χ2v) is 6.09. The Hall–Kier alpha value is -2.28. The smallest absolute Gasteiger partial charge is 0.291 e. The summed E-state index contributed by atoms with van der Waals surface area (Å²) in [6, 6.07) is 8.03. The van der Waals surface area contributed by atoms with Gasteiger partial charge in [0.2, 0.25) is 10.0 Å². The number of rotatable bonds is 4. The first-order chi connectivity index (χ1) is 9.35. The van der Waals surface area contributed by atoms with Crippen LogP contribution in [0.3, 0.4) is 0 Å². The highest BCUT2D eigenvalue weighted by molar-refractivity contribution is 7.92. The molecule has 0 saturated carbocycles. The van der Waals surface area contributed by atoms with Crippen molar-refractivity contribution in [2.75, 3.05) is 16.3 Å². The molecule has 0 bridgehead atoms. The Labute approximate surface area is 116 Å². The monoisotopic (exact) mass is 294 g/mol. The number of benzene rings is 1. The van der Waals surface area contributed by atoms with E-state index in [1.165, 1.54) is 6.26 Å². The van der Waals surface area contributed by atoms with Gasteiger partial charge in [0.05, 0.1) is 12.5 Å². The van der Waals surface area contributed by atoms with Crippen molar-refractivity contribution in [3.05, 3.63) is 47.9 Å². The topological polar surface area (TPSA) is 88.4 Å². The zero-order valence-electron chi connectivity index (χ0n) is 11.0. The minimum absolute atomic E-state index is 0.253. The van der Waals surface area contributed by atoms with E-state index in [1.807, 2.05) is 0 Å². The maximum atomic E-state index is 11.9. The van der Waals surface area contributed by atoms with Crippen molar-refractivity contribution in [1.82, 2.24) is 0 Å². The van der Waals surface area contributed by atoms with E-state index in [9.17, 15) is 13.2 Å². The summed E-state index contributed by atoms with van der Waals surface area (Å²) in [5.41, 5.74) is 1.72. The molecule has 1 heterocycles. The molecule has 0 spiro atoms. The van der Waals surface area contributed by atoms with E-state index in [2.05, 4.69) is 10.0 Å². The van der Waals surface area contributed by atoms with Gasteiger partial charge in [-0.3, -0.25) is 9.52 Å². The molecule has 0 radical (unpaired) electrons. The summed E-state index contributed by atoms with van der Waals surface area (Å²) >= 11 is 0. The Bertz CT molecular complexity index is 717. The molecule has 0 saturated heterocycles. The summed E-state index contributed by atoms with van der Waals surface area (Å²) in [5, 5.41) is 2.67. The van der Waals surface area contributed by atoms with Crippen LogP contribution in [0.15, 0.2) is 41.0 Å². The summed E-state index contributed by atoms with van der Waals surface area (Å²) < 4.78 is 29.5. The van der Waals surface area contributed by atoms with Crippen LogP contribution in [0.25, 0.3) is 0 Å². The highest BCUT2D eigenvalue weighted by Crippen LogP contribution is 2.16. The molecule has 2 rings (SSSR count). The number of carbonyl (C=O) groups is 1. The number of aryl methyl sites for hydroxylation is 1. The minimum Gasteiger partial charge on any atom is -0.459 e. The van der Waals surface area contributed by atoms with Gasteiger partial charge in [-0.2, -0.15) is 0 Å². The van der Waals surface area contributed by atoms with Crippen LogP contribution in [0, 0.1) is 6.92 Å². The quantitative estimate of drug-likeness (QED) is 0.905. The summed E-state index contributed by atoms with van der Waals surface area (Å²) in [6.45, 7) is 1.78. The van der Waals surface area contributed by atoms with Gasteiger partial charge in [0.15, 0.2) is 5.76 Å². The zero-order chi connectivity index (χ0) is 14.8. The van der Waals surface area contributed by atoms with E-state index in [0.29, 0.717) is 11.4 Å². The van der Waals surface area contributed by atoms with E-state index >= 15 is 0 Å². The molecule has 2 aromatic rings. The summed E-state index contributed by atoms with van der Waals surface area (Å²) in [4.78, 5) is 11.9. The Morgan fingerprint density at radius 2 is 1.70 bits per heavy atom. The van der Waals surface area contributed by atoms with Crippen molar-refractivity contribution in [2.24, 2.45) is 0 Å². The molecule has 2 N–H and O–H groups in total. The predicted octanol–water partition coefficient (Wildman–Crippen LogP) is 2.21. The lowest BCUT2D eigenvalue weighted by atomic mass is 10.2. The molecule has 20 heavy (non-hydrogen) atoms. The third-order valence-electron chi connectivity index (χ3n) is 2.51. The van der Waals surface area contributed by atoms with Crippen molar-refractivity contribution in [3.8, 4) is 0 Å². The second-order valence-electron chi connectivity index (χ2n) is 4.34. The SMILES string of the molecule is Cc1ccoc1C(=O)Nc1ccc(NS(C)(=O)=O)cc1. The fourth-order valence-electron chi connectivity index (χ4n) is 1.63. The third kappa shape index (κ3) is 3.61. The number of hydrogen-bond donors (Lipinski definition) is 2. The molecule has 106 valence electrons. The van der Waals surface area contributed by atoms with Crippen LogP contribution in [0.5, 0.6) is 0 Å². The van der Waals surface area contributed by atoms with Crippen LogP contribution < -0.4 is 10.0 Å².